The van der Waals surface area contributed by atoms with Gasteiger partial charge in [-0.25, -0.2) is 0 Å². The number of thioether (sulfide) groups is 1. The molecule has 1 nitrogen and oxygen atoms in total. The molecule has 0 saturated heterocycles. The van der Waals surface area contributed by atoms with Crippen LogP contribution in [0, 0.1) is 5.92 Å². The van der Waals surface area contributed by atoms with Gasteiger partial charge >= 0.3 is 0 Å². The number of halogens is 1. The van der Waals surface area contributed by atoms with Gasteiger partial charge in [0.15, 0.2) is 0 Å². The molecule has 0 spiro atoms. The van der Waals surface area contributed by atoms with Crippen molar-refractivity contribution in [3.63, 3.8) is 0 Å². The Morgan fingerprint density at radius 3 is 2.84 bits per heavy atom. The van der Waals surface area contributed by atoms with Gasteiger partial charge in [-0.3, -0.25) is 0 Å². The van der Waals surface area contributed by atoms with Crippen molar-refractivity contribution >= 4 is 43.3 Å². The molecule has 1 aliphatic carbocycles. The molecule has 0 unspecified atom stereocenters. The Morgan fingerprint density at radius 1 is 1.42 bits per heavy atom. The Kier molecular flexibility index (Phi) is 5.39. The van der Waals surface area contributed by atoms with Crippen LogP contribution in [0.15, 0.2) is 34.9 Å². The van der Waals surface area contributed by atoms with Crippen molar-refractivity contribution in [2.75, 3.05) is 0 Å². The summed E-state index contributed by atoms with van der Waals surface area (Å²) >= 11 is 4.17. The van der Waals surface area contributed by atoms with Crippen molar-refractivity contribution in [3.05, 3.63) is 45.3 Å². The van der Waals surface area contributed by atoms with Crippen molar-refractivity contribution < 1.29 is 0 Å². The largest absolute Gasteiger partial charge is 0.401 e. The molecule has 1 aromatic rings. The molecule has 19 heavy (non-hydrogen) atoms. The first-order valence-electron chi connectivity index (χ1n) is 6.66. The molecule has 0 heterocycles. The van der Waals surface area contributed by atoms with Gasteiger partial charge in [-0.1, -0.05) is 65.5 Å². The summed E-state index contributed by atoms with van der Waals surface area (Å²) in [6, 6.07) is 8.54. The molecule has 0 saturated carbocycles. The summed E-state index contributed by atoms with van der Waals surface area (Å²) in [5, 5.41) is 2.61. The van der Waals surface area contributed by atoms with Crippen LogP contribution in [-0.4, -0.2) is 0 Å². The Morgan fingerprint density at radius 2 is 2.16 bits per heavy atom. The van der Waals surface area contributed by atoms with Gasteiger partial charge in [-0.2, -0.15) is 0 Å². The predicted molar refractivity (Wildman–Crippen MR) is 95.1 cm³/mol. The highest BCUT2D eigenvalue weighted by Crippen LogP contribution is 2.38. The molecule has 0 fully saturated rings. The minimum absolute atomic E-state index is 0.601. The smallest absolute Gasteiger partial charge is 0.0183 e. The second-order valence-electron chi connectivity index (χ2n) is 5.04. The molecular weight excluding hydrogens is 365 g/mol. The van der Waals surface area contributed by atoms with Gasteiger partial charge in [0.2, 0.25) is 0 Å². The predicted octanol–water partition coefficient (Wildman–Crippen LogP) is 3.71. The zero-order chi connectivity index (χ0) is 13.8. The molecule has 3 heteroatoms. The van der Waals surface area contributed by atoms with Gasteiger partial charge in [-0.15, -0.1) is 0 Å². The van der Waals surface area contributed by atoms with E-state index in [2.05, 4.69) is 64.8 Å². The van der Waals surface area contributed by atoms with Gasteiger partial charge in [0.25, 0.3) is 0 Å². The lowest BCUT2D eigenvalue weighted by molar-refractivity contribution is 0.557. The number of nitrogens with two attached hydrogens (primary N) is 1. The Bertz CT molecular complexity index is 603. The van der Waals surface area contributed by atoms with E-state index in [1.54, 1.807) is 0 Å². The summed E-state index contributed by atoms with van der Waals surface area (Å²) in [6.07, 6.45) is 3.55. The lowest BCUT2D eigenvalue weighted by Gasteiger charge is -2.23. The van der Waals surface area contributed by atoms with Crippen LogP contribution in [0.25, 0.3) is 8.99 Å². The van der Waals surface area contributed by atoms with Crippen LogP contribution in [0.5, 0.6) is 0 Å². The summed E-state index contributed by atoms with van der Waals surface area (Å²) in [5.41, 5.74) is 7.30. The van der Waals surface area contributed by atoms with E-state index in [1.807, 2.05) is 11.8 Å². The fourth-order valence-corrected chi connectivity index (χ4v) is 4.19. The van der Waals surface area contributed by atoms with E-state index in [0.29, 0.717) is 5.92 Å². The molecule has 0 aliphatic heterocycles. The third-order valence-corrected chi connectivity index (χ3v) is 5.65. The maximum Gasteiger partial charge on any atom is 0.0183 e. The Hall–Kier alpha value is -0.420. The first kappa shape index (κ1) is 15.0. The summed E-state index contributed by atoms with van der Waals surface area (Å²) in [4.78, 5) is 2.72. The molecule has 102 valence electrons. The molecule has 1 atom stereocenters. The normalized spacial score (nSPS) is 22.7. The van der Waals surface area contributed by atoms with Crippen molar-refractivity contribution in [3.8, 4) is 0 Å². The van der Waals surface area contributed by atoms with Crippen molar-refractivity contribution in [2.45, 2.75) is 33.1 Å². The lowest BCUT2D eigenvalue weighted by Crippen LogP contribution is -2.24. The highest BCUT2D eigenvalue weighted by atomic mass is 127. The summed E-state index contributed by atoms with van der Waals surface area (Å²) in [6.45, 7) is 4.49. The number of hydrogen-bond donors (Lipinski definition) is 1. The molecular formula is C16H20INS. The second kappa shape index (κ2) is 6.84. The SMILES string of the molecule is C/C(SC1=C(N)CCC[C@@H]1C)=c1/cccc/c1=C/I. The zero-order valence-electron chi connectivity index (χ0n) is 11.4. The van der Waals surface area contributed by atoms with E-state index in [4.69, 9.17) is 5.73 Å². The highest BCUT2D eigenvalue weighted by molar-refractivity contribution is 14.1. The van der Waals surface area contributed by atoms with Crippen molar-refractivity contribution in [2.24, 2.45) is 11.7 Å². The van der Waals surface area contributed by atoms with Crippen LogP contribution in [0.2, 0.25) is 0 Å². The lowest BCUT2D eigenvalue weighted by atomic mass is 9.95. The summed E-state index contributed by atoms with van der Waals surface area (Å²) in [5.74, 6) is 0.601. The van der Waals surface area contributed by atoms with E-state index >= 15 is 0 Å². The molecule has 0 radical (unpaired) electrons. The second-order valence-corrected chi connectivity index (χ2v) is 6.92. The van der Waals surface area contributed by atoms with E-state index < -0.39 is 0 Å². The topological polar surface area (TPSA) is 26.0 Å². The highest BCUT2D eigenvalue weighted by Gasteiger charge is 2.18. The number of benzene rings is 1. The number of allylic oxidation sites excluding steroid dienone is 2. The van der Waals surface area contributed by atoms with Gasteiger partial charge < -0.3 is 5.73 Å². The van der Waals surface area contributed by atoms with Gasteiger partial charge in [-0.05, 0) is 51.5 Å². The molecule has 2 rings (SSSR count). The van der Waals surface area contributed by atoms with Crippen LogP contribution in [-0.2, 0) is 0 Å². The van der Waals surface area contributed by atoms with Crippen LogP contribution in [0.1, 0.15) is 33.1 Å². The summed E-state index contributed by atoms with van der Waals surface area (Å²) in [7, 11) is 0. The fraction of sp³-hybridized carbons (Fsp3) is 0.375. The van der Waals surface area contributed by atoms with E-state index in [0.717, 1.165) is 12.1 Å². The van der Waals surface area contributed by atoms with E-state index in [1.165, 1.54) is 33.1 Å². The van der Waals surface area contributed by atoms with Crippen LogP contribution in [0.3, 0.4) is 0 Å². The first-order valence-corrected chi connectivity index (χ1v) is 8.72. The molecule has 2 N–H and O–H groups in total. The van der Waals surface area contributed by atoms with Crippen LogP contribution in [0.4, 0.5) is 0 Å². The minimum Gasteiger partial charge on any atom is -0.401 e. The monoisotopic (exact) mass is 385 g/mol. The zero-order valence-corrected chi connectivity index (χ0v) is 14.4. The standard InChI is InChI=1S/C16H20INS/c1-11-6-5-9-15(18)16(11)19-12(2)14-8-4-3-7-13(14)10-17/h3-4,7-8,10-11H,5-6,9,18H2,1-2H3/b13-10-,14-12+/t11-/m0/s1. The average Bonchev–Trinajstić information content (AvgIpc) is 2.42. The number of rotatable bonds is 2. The van der Waals surface area contributed by atoms with E-state index in [9.17, 15) is 0 Å². The quantitative estimate of drug-likeness (QED) is 0.786. The van der Waals surface area contributed by atoms with Crippen molar-refractivity contribution in [1.29, 1.82) is 0 Å². The minimum atomic E-state index is 0.601. The Labute approximate surface area is 133 Å². The molecule has 0 aromatic heterocycles. The average molecular weight is 385 g/mol. The maximum absolute atomic E-state index is 6.20. The maximum atomic E-state index is 6.20. The molecule has 0 bridgehead atoms. The molecule has 1 aromatic carbocycles. The third kappa shape index (κ3) is 3.57. The van der Waals surface area contributed by atoms with Crippen LogP contribution >= 0.6 is 34.4 Å². The molecule has 0 amide bonds. The fourth-order valence-electron chi connectivity index (χ4n) is 2.47. The summed E-state index contributed by atoms with van der Waals surface area (Å²) < 4.78 is 2.14. The van der Waals surface area contributed by atoms with Gasteiger partial charge in [0.05, 0.1) is 0 Å². The third-order valence-electron chi connectivity index (χ3n) is 3.57. The van der Waals surface area contributed by atoms with Gasteiger partial charge in [0, 0.05) is 10.6 Å². The number of hydrogen-bond acceptors (Lipinski definition) is 2. The van der Waals surface area contributed by atoms with Gasteiger partial charge in [0.1, 0.15) is 0 Å². The van der Waals surface area contributed by atoms with Crippen LogP contribution < -0.4 is 16.2 Å². The van der Waals surface area contributed by atoms with E-state index in [-0.39, 0.29) is 0 Å². The van der Waals surface area contributed by atoms with Crippen molar-refractivity contribution in [1.82, 2.24) is 0 Å². The Balaban J connectivity index is 2.43. The first-order chi connectivity index (χ1) is 9.13. The molecule has 1 aliphatic rings.